The van der Waals surface area contributed by atoms with Gasteiger partial charge in [-0.25, -0.2) is 9.78 Å². The lowest BCUT2D eigenvalue weighted by Crippen LogP contribution is -2.48. The van der Waals surface area contributed by atoms with Gasteiger partial charge in [-0.05, 0) is 105 Å². The lowest BCUT2D eigenvalue weighted by atomic mass is 9.81. The SMILES string of the molecule is CC(C)(C)OC(=O)NC[C@H]1CC[C@H](C(=O)N[C@@H](Cc2ccc(-c3cnc4[nH]ccc4c3)cc2)C(=O)Nc2ccc(-c3nn[nH]n3)cc2)CC1. The molecule has 49 heavy (non-hydrogen) atoms. The number of ether oxygens (including phenoxy) is 1. The van der Waals surface area contributed by atoms with Crippen molar-refractivity contribution in [2.24, 2.45) is 11.8 Å². The van der Waals surface area contributed by atoms with E-state index in [-0.39, 0.29) is 23.7 Å². The van der Waals surface area contributed by atoms with Crippen LogP contribution in [0.3, 0.4) is 0 Å². The highest BCUT2D eigenvalue weighted by Gasteiger charge is 2.30. The number of carbonyl (C=O) groups excluding carboxylic acids is 3. The average molecular weight is 664 g/mol. The van der Waals surface area contributed by atoms with Gasteiger partial charge >= 0.3 is 6.09 Å². The Labute approximate surface area is 284 Å². The minimum atomic E-state index is -0.806. The predicted octanol–water partition coefficient (Wildman–Crippen LogP) is 5.41. The van der Waals surface area contributed by atoms with Gasteiger partial charge in [0.1, 0.15) is 17.3 Å². The molecule has 1 saturated carbocycles. The standard InChI is InChI=1S/C36H41N9O4/c1-36(2,3)49-35(48)39-20-23-6-10-26(11-7-23)33(46)41-30(34(47)40-29-14-12-25(13-15-29)32-42-44-45-43-32)18-22-4-8-24(9-5-22)28-19-27-16-17-37-31(27)38-21-28/h4-5,8-9,12-17,19,21,23,26,30H,6-7,10-11,18,20H2,1-3H3,(H,37,38)(H,39,48)(H,40,47)(H,41,46)(H,42,43,44,45)/t23-,26-,30-/m0/s1. The fourth-order valence-corrected chi connectivity index (χ4v) is 6.05. The molecular weight excluding hydrogens is 622 g/mol. The number of carbonyl (C=O) groups is 3. The Kier molecular flexibility index (Phi) is 9.97. The minimum absolute atomic E-state index is 0.145. The van der Waals surface area contributed by atoms with Crippen LogP contribution in [0.4, 0.5) is 10.5 Å². The monoisotopic (exact) mass is 663 g/mol. The molecule has 6 rings (SSSR count). The third-order valence-electron chi connectivity index (χ3n) is 8.67. The number of tetrazole rings is 1. The molecule has 1 fully saturated rings. The van der Waals surface area contributed by atoms with Crippen LogP contribution in [0.5, 0.6) is 0 Å². The van der Waals surface area contributed by atoms with E-state index in [0.717, 1.165) is 46.1 Å². The Balaban J connectivity index is 1.11. The summed E-state index contributed by atoms with van der Waals surface area (Å²) >= 11 is 0. The summed E-state index contributed by atoms with van der Waals surface area (Å²) in [5.74, 6) is 0.0275. The van der Waals surface area contributed by atoms with Crippen LogP contribution < -0.4 is 16.0 Å². The Morgan fingerprint density at radius 3 is 2.37 bits per heavy atom. The van der Waals surface area contributed by atoms with Crippen LogP contribution >= 0.6 is 0 Å². The molecule has 0 spiro atoms. The minimum Gasteiger partial charge on any atom is -0.444 e. The van der Waals surface area contributed by atoms with Gasteiger partial charge in [0, 0.05) is 53.5 Å². The maximum Gasteiger partial charge on any atom is 0.407 e. The van der Waals surface area contributed by atoms with Gasteiger partial charge in [0.2, 0.25) is 17.6 Å². The molecule has 13 heteroatoms. The number of fused-ring (bicyclic) bond motifs is 1. The first-order chi connectivity index (χ1) is 23.6. The molecule has 1 atom stereocenters. The highest BCUT2D eigenvalue weighted by molar-refractivity contribution is 5.97. The van der Waals surface area contributed by atoms with Crippen LogP contribution in [0, 0.1) is 11.8 Å². The van der Waals surface area contributed by atoms with Crippen molar-refractivity contribution < 1.29 is 19.1 Å². The average Bonchev–Trinajstić information content (AvgIpc) is 3.80. The Morgan fingerprint density at radius 1 is 0.939 bits per heavy atom. The molecule has 0 saturated heterocycles. The maximum atomic E-state index is 13.7. The summed E-state index contributed by atoms with van der Waals surface area (Å²) < 4.78 is 5.34. The molecule has 0 unspecified atom stereocenters. The molecule has 5 aromatic rings. The van der Waals surface area contributed by atoms with Gasteiger partial charge in [-0.3, -0.25) is 9.59 Å². The van der Waals surface area contributed by atoms with Crippen LogP contribution in [0.15, 0.2) is 73.1 Å². The van der Waals surface area contributed by atoms with Crippen molar-refractivity contribution >= 4 is 34.6 Å². The van der Waals surface area contributed by atoms with E-state index in [1.54, 1.807) is 24.3 Å². The van der Waals surface area contributed by atoms with E-state index in [9.17, 15) is 14.4 Å². The van der Waals surface area contributed by atoms with Crippen molar-refractivity contribution in [1.82, 2.24) is 41.2 Å². The van der Waals surface area contributed by atoms with Gasteiger partial charge in [0.15, 0.2) is 0 Å². The summed E-state index contributed by atoms with van der Waals surface area (Å²) in [6.45, 7) is 5.99. The first-order valence-electron chi connectivity index (χ1n) is 16.5. The van der Waals surface area contributed by atoms with Gasteiger partial charge in [-0.1, -0.05) is 24.3 Å². The lowest BCUT2D eigenvalue weighted by Gasteiger charge is -2.29. The van der Waals surface area contributed by atoms with Gasteiger partial charge in [-0.2, -0.15) is 5.21 Å². The second-order valence-corrected chi connectivity index (χ2v) is 13.5. The highest BCUT2D eigenvalue weighted by atomic mass is 16.6. The smallest absolute Gasteiger partial charge is 0.407 e. The second kappa shape index (κ2) is 14.7. The number of nitrogens with one attached hydrogen (secondary N) is 5. The Morgan fingerprint density at radius 2 is 1.67 bits per heavy atom. The topological polar surface area (TPSA) is 180 Å². The summed E-state index contributed by atoms with van der Waals surface area (Å²) in [4.78, 5) is 47.0. The molecule has 0 radical (unpaired) electrons. The Bertz CT molecular complexity index is 1870. The third-order valence-corrected chi connectivity index (χ3v) is 8.67. The molecule has 2 aromatic carbocycles. The number of hydrogen-bond donors (Lipinski definition) is 5. The van der Waals surface area contributed by atoms with Gasteiger partial charge in [-0.15, -0.1) is 10.2 Å². The number of hydrogen-bond acceptors (Lipinski definition) is 8. The molecule has 13 nitrogen and oxygen atoms in total. The summed E-state index contributed by atoms with van der Waals surface area (Å²) in [5, 5.41) is 23.9. The molecule has 5 N–H and O–H groups in total. The summed E-state index contributed by atoms with van der Waals surface area (Å²) in [6.07, 6.45) is 6.50. The zero-order chi connectivity index (χ0) is 34.4. The number of aromatic amines is 2. The molecular formula is C36H41N9O4. The van der Waals surface area contributed by atoms with Crippen LogP contribution in [0.25, 0.3) is 33.5 Å². The normalized spacial score (nSPS) is 16.9. The number of benzene rings is 2. The van der Waals surface area contributed by atoms with Crippen molar-refractivity contribution in [3.63, 3.8) is 0 Å². The van der Waals surface area contributed by atoms with Gasteiger partial charge in [0.05, 0.1) is 0 Å². The van der Waals surface area contributed by atoms with E-state index in [2.05, 4.69) is 52.6 Å². The zero-order valence-corrected chi connectivity index (χ0v) is 27.8. The lowest BCUT2D eigenvalue weighted by molar-refractivity contribution is -0.130. The van der Waals surface area contributed by atoms with Crippen LogP contribution in [0.2, 0.25) is 0 Å². The molecule has 1 aliphatic rings. The summed E-state index contributed by atoms with van der Waals surface area (Å²) in [6, 6.07) is 18.3. The fourth-order valence-electron chi connectivity index (χ4n) is 6.05. The predicted molar refractivity (Wildman–Crippen MR) is 185 cm³/mol. The van der Waals surface area contributed by atoms with Crippen molar-refractivity contribution in [1.29, 1.82) is 0 Å². The van der Waals surface area contributed by atoms with E-state index in [1.807, 2.05) is 63.5 Å². The largest absolute Gasteiger partial charge is 0.444 e. The molecule has 254 valence electrons. The first-order valence-corrected chi connectivity index (χ1v) is 16.5. The zero-order valence-electron chi connectivity index (χ0n) is 27.8. The number of rotatable bonds is 10. The molecule has 3 aromatic heterocycles. The van der Waals surface area contributed by atoms with Crippen LogP contribution in [-0.2, 0) is 20.7 Å². The van der Waals surface area contributed by atoms with Crippen molar-refractivity contribution in [2.45, 2.75) is 64.5 Å². The molecule has 3 amide bonds. The van der Waals surface area contributed by atoms with Gasteiger partial charge < -0.3 is 25.7 Å². The fraction of sp³-hybridized carbons (Fsp3) is 0.361. The maximum absolute atomic E-state index is 13.7. The van der Waals surface area contributed by atoms with E-state index >= 15 is 0 Å². The van der Waals surface area contributed by atoms with Crippen molar-refractivity contribution in [3.8, 4) is 22.5 Å². The number of anilines is 1. The molecule has 3 heterocycles. The summed E-state index contributed by atoms with van der Waals surface area (Å²) in [5.41, 5.74) is 4.51. The molecule has 0 aliphatic heterocycles. The van der Waals surface area contributed by atoms with Gasteiger partial charge in [0.25, 0.3) is 0 Å². The van der Waals surface area contributed by atoms with E-state index in [4.69, 9.17) is 4.74 Å². The quantitative estimate of drug-likeness (QED) is 0.132. The number of nitrogens with zero attached hydrogens (tertiary/aromatic N) is 4. The third kappa shape index (κ3) is 8.86. The van der Waals surface area contributed by atoms with Crippen molar-refractivity contribution in [2.75, 3.05) is 11.9 Å². The number of amides is 3. The van der Waals surface area contributed by atoms with Crippen LogP contribution in [0.1, 0.15) is 52.0 Å². The first kappa shape index (κ1) is 33.3. The van der Waals surface area contributed by atoms with E-state index < -0.39 is 17.7 Å². The van der Waals surface area contributed by atoms with E-state index in [0.29, 0.717) is 37.3 Å². The number of pyridine rings is 1. The molecule has 0 bridgehead atoms. The van der Waals surface area contributed by atoms with E-state index in [1.165, 1.54) is 0 Å². The Hall–Kier alpha value is -5.59. The number of alkyl carbamates (subject to hydrolysis) is 1. The highest BCUT2D eigenvalue weighted by Crippen LogP contribution is 2.29. The number of aromatic nitrogens is 6. The molecule has 1 aliphatic carbocycles. The van der Waals surface area contributed by atoms with Crippen LogP contribution in [-0.4, -0.2) is 66.7 Å². The number of H-pyrrole nitrogens is 2. The summed E-state index contributed by atoms with van der Waals surface area (Å²) in [7, 11) is 0. The second-order valence-electron chi connectivity index (χ2n) is 13.5. The van der Waals surface area contributed by atoms with Crippen molar-refractivity contribution in [3.05, 3.63) is 78.6 Å².